The van der Waals surface area contributed by atoms with Gasteiger partial charge in [-0.25, -0.2) is 4.79 Å². The van der Waals surface area contributed by atoms with Crippen molar-refractivity contribution in [3.8, 4) is 0 Å². The molecule has 9 atom stereocenters. The third-order valence-corrected chi connectivity index (χ3v) is 10.4. The minimum absolute atomic E-state index is 0.0328. The summed E-state index contributed by atoms with van der Waals surface area (Å²) in [4.78, 5) is 52.8. The molecule has 8 nitrogen and oxygen atoms in total. The van der Waals surface area contributed by atoms with Gasteiger partial charge < -0.3 is 19.7 Å². The second kappa shape index (κ2) is 7.00. The van der Waals surface area contributed by atoms with Gasteiger partial charge in [-0.3, -0.25) is 14.4 Å². The minimum atomic E-state index is -2.13. The second-order valence-electron chi connectivity index (χ2n) is 12.2. The number of fused-ring (bicyclic) bond motifs is 5. The first-order chi connectivity index (χ1) is 15.5. The summed E-state index contributed by atoms with van der Waals surface area (Å²) in [5.74, 6) is -4.46. The number of allylic oxidation sites excluding steroid dienone is 1. The van der Waals surface area contributed by atoms with Crippen LogP contribution in [0.25, 0.3) is 0 Å². The summed E-state index contributed by atoms with van der Waals surface area (Å²) >= 11 is 0. The van der Waals surface area contributed by atoms with Gasteiger partial charge in [-0.1, -0.05) is 39.8 Å². The van der Waals surface area contributed by atoms with Crippen molar-refractivity contribution in [2.45, 2.75) is 78.6 Å². The average molecular weight is 477 g/mol. The van der Waals surface area contributed by atoms with Crippen molar-refractivity contribution in [2.75, 3.05) is 7.11 Å². The van der Waals surface area contributed by atoms with Crippen LogP contribution >= 0.6 is 0 Å². The fourth-order valence-electron chi connectivity index (χ4n) is 8.56. The van der Waals surface area contributed by atoms with Crippen molar-refractivity contribution in [2.24, 2.45) is 39.4 Å². The fourth-order valence-corrected chi connectivity index (χ4v) is 8.56. The molecular formula is C26H36O8. The van der Waals surface area contributed by atoms with Crippen LogP contribution in [0.4, 0.5) is 0 Å². The lowest BCUT2D eigenvalue weighted by Crippen LogP contribution is -2.76. The molecule has 0 radical (unpaired) electrons. The van der Waals surface area contributed by atoms with Gasteiger partial charge in [0.25, 0.3) is 5.60 Å². The number of carbonyl (C=O) groups is 4. The predicted molar refractivity (Wildman–Crippen MR) is 120 cm³/mol. The van der Waals surface area contributed by atoms with Gasteiger partial charge in [0.15, 0.2) is 5.78 Å². The van der Waals surface area contributed by atoms with E-state index in [0.717, 1.165) is 7.11 Å². The van der Waals surface area contributed by atoms with Gasteiger partial charge in [0, 0.05) is 23.2 Å². The number of methoxy groups -OCH3 is 1. The molecule has 9 unspecified atom stereocenters. The summed E-state index contributed by atoms with van der Waals surface area (Å²) < 4.78 is 10.3. The Hall–Kier alpha value is -2.06. The summed E-state index contributed by atoms with van der Waals surface area (Å²) in [5, 5.41) is 23.1. The number of ether oxygens (including phenoxy) is 2. The van der Waals surface area contributed by atoms with Crippen LogP contribution in [0.3, 0.4) is 0 Å². The summed E-state index contributed by atoms with van der Waals surface area (Å²) in [5.41, 5.74) is -5.90. The molecule has 4 rings (SSSR count). The van der Waals surface area contributed by atoms with E-state index in [1.165, 1.54) is 6.92 Å². The highest BCUT2D eigenvalue weighted by Gasteiger charge is 2.77. The normalized spacial score (nSPS) is 50.0. The largest absolute Gasteiger partial charge is 0.466 e. The summed E-state index contributed by atoms with van der Waals surface area (Å²) in [6.07, 6.45) is -1.57. The molecule has 1 heterocycles. The van der Waals surface area contributed by atoms with Crippen molar-refractivity contribution >= 4 is 23.5 Å². The quantitative estimate of drug-likeness (QED) is 0.334. The molecule has 1 saturated heterocycles. The minimum Gasteiger partial charge on any atom is -0.466 e. The number of esters is 2. The van der Waals surface area contributed by atoms with Crippen LogP contribution < -0.4 is 0 Å². The average Bonchev–Trinajstić information content (AvgIpc) is 2.75. The van der Waals surface area contributed by atoms with Crippen LogP contribution in [0.2, 0.25) is 0 Å². The number of carbonyl (C=O) groups excluding carboxylic acids is 4. The highest BCUT2D eigenvalue weighted by Crippen LogP contribution is 2.72. The number of Topliss-reactive ketones (excluding diaryl/α,β-unsaturated/α-hetero) is 2. The van der Waals surface area contributed by atoms with Crippen molar-refractivity contribution in [1.29, 1.82) is 0 Å². The maximum absolute atomic E-state index is 13.8. The summed E-state index contributed by atoms with van der Waals surface area (Å²) in [7, 11) is 1.12. The fraction of sp³-hybridized carbons (Fsp3) is 0.769. The molecule has 4 aliphatic rings. The molecule has 0 aromatic heterocycles. The van der Waals surface area contributed by atoms with E-state index in [1.54, 1.807) is 27.7 Å². The smallest absolute Gasteiger partial charge is 0.358 e. The van der Waals surface area contributed by atoms with Crippen molar-refractivity contribution in [3.05, 3.63) is 12.2 Å². The lowest BCUT2D eigenvalue weighted by Gasteiger charge is -2.70. The maximum atomic E-state index is 13.8. The van der Waals surface area contributed by atoms with E-state index in [2.05, 4.69) is 6.58 Å². The molecule has 4 fully saturated rings. The Morgan fingerprint density at radius 1 is 1.09 bits per heavy atom. The van der Waals surface area contributed by atoms with E-state index in [4.69, 9.17) is 9.47 Å². The van der Waals surface area contributed by atoms with Gasteiger partial charge in [-0.05, 0) is 38.0 Å². The highest BCUT2D eigenvalue weighted by atomic mass is 16.6. The van der Waals surface area contributed by atoms with E-state index in [-0.39, 0.29) is 11.7 Å². The Kier molecular flexibility index (Phi) is 5.16. The Labute approximate surface area is 200 Å². The molecule has 0 amide bonds. The van der Waals surface area contributed by atoms with Gasteiger partial charge in [0.05, 0.1) is 30.7 Å². The molecule has 0 aromatic rings. The van der Waals surface area contributed by atoms with Crippen LogP contribution in [0, 0.1) is 39.4 Å². The lowest BCUT2D eigenvalue weighted by molar-refractivity contribution is -0.273. The van der Waals surface area contributed by atoms with Gasteiger partial charge in [0.1, 0.15) is 5.78 Å². The van der Waals surface area contributed by atoms with Crippen LogP contribution in [0.1, 0.15) is 60.8 Å². The van der Waals surface area contributed by atoms with E-state index < -0.39 is 69.0 Å². The number of aliphatic hydroxyl groups is 2. The SMILES string of the molecule is C=C1CC2C3(C)CCC(=O)C(C)(C)C3C(O)C(O)C2(C)C2C(=O)OC(C)(C(=O)OC)C(=O)C12C. The summed E-state index contributed by atoms with van der Waals surface area (Å²) in [6, 6.07) is 0. The zero-order chi connectivity index (χ0) is 25.8. The standard InChI is InChI=1S/C26H36O8/c1-12-11-13-23(4)10-9-14(27)22(2,3)16(23)15(28)18(29)25(13,6)17-19(30)34-26(7,21(32)33-8)20(31)24(12,17)5/h13,15-18,28-29H,1,9-11H2,2-8H3. The van der Waals surface area contributed by atoms with Gasteiger partial charge in [0.2, 0.25) is 0 Å². The Morgan fingerprint density at radius 2 is 1.68 bits per heavy atom. The molecular weight excluding hydrogens is 440 g/mol. The van der Waals surface area contributed by atoms with E-state index in [0.29, 0.717) is 24.8 Å². The molecule has 188 valence electrons. The molecule has 8 heteroatoms. The first-order valence-electron chi connectivity index (χ1n) is 11.9. The Morgan fingerprint density at radius 3 is 2.24 bits per heavy atom. The van der Waals surface area contributed by atoms with Gasteiger partial charge in [-0.2, -0.15) is 0 Å². The number of ketones is 2. The maximum Gasteiger partial charge on any atom is 0.358 e. The predicted octanol–water partition coefficient (Wildman–Crippen LogP) is 2.00. The molecule has 3 saturated carbocycles. The number of aliphatic hydroxyl groups excluding tert-OH is 2. The van der Waals surface area contributed by atoms with E-state index in [1.807, 2.05) is 6.92 Å². The van der Waals surface area contributed by atoms with Crippen molar-refractivity contribution < 1.29 is 38.9 Å². The van der Waals surface area contributed by atoms with Gasteiger partial charge >= 0.3 is 11.9 Å². The third-order valence-electron chi connectivity index (χ3n) is 10.4. The number of cyclic esters (lactones) is 1. The zero-order valence-electron chi connectivity index (χ0n) is 21.1. The number of hydrogen-bond acceptors (Lipinski definition) is 8. The van der Waals surface area contributed by atoms with Crippen LogP contribution in [0.15, 0.2) is 12.2 Å². The number of hydrogen-bond donors (Lipinski definition) is 2. The first-order valence-corrected chi connectivity index (χ1v) is 11.9. The van der Waals surface area contributed by atoms with Crippen LogP contribution in [-0.2, 0) is 28.7 Å². The Balaban J connectivity index is 1.92. The molecule has 0 spiro atoms. The van der Waals surface area contributed by atoms with Crippen molar-refractivity contribution in [3.63, 3.8) is 0 Å². The van der Waals surface area contributed by atoms with E-state index in [9.17, 15) is 29.4 Å². The lowest BCUT2D eigenvalue weighted by atomic mass is 9.34. The zero-order valence-corrected chi connectivity index (χ0v) is 21.1. The topological polar surface area (TPSA) is 127 Å². The molecule has 1 aliphatic heterocycles. The first kappa shape index (κ1) is 25.0. The molecule has 2 N–H and O–H groups in total. The Bertz CT molecular complexity index is 1010. The third kappa shape index (κ3) is 2.56. The highest BCUT2D eigenvalue weighted by molar-refractivity contribution is 6.15. The van der Waals surface area contributed by atoms with E-state index >= 15 is 0 Å². The molecule has 34 heavy (non-hydrogen) atoms. The van der Waals surface area contributed by atoms with Crippen molar-refractivity contribution in [1.82, 2.24) is 0 Å². The van der Waals surface area contributed by atoms with Crippen LogP contribution in [0.5, 0.6) is 0 Å². The summed E-state index contributed by atoms with van der Waals surface area (Å²) in [6.45, 7) is 14.3. The van der Waals surface area contributed by atoms with Crippen LogP contribution in [-0.4, -0.2) is 58.6 Å². The molecule has 0 aromatic carbocycles. The monoisotopic (exact) mass is 476 g/mol. The van der Waals surface area contributed by atoms with Gasteiger partial charge in [-0.15, -0.1) is 0 Å². The second-order valence-corrected chi connectivity index (χ2v) is 12.2. The number of rotatable bonds is 1. The molecule has 3 aliphatic carbocycles. The molecule has 0 bridgehead atoms.